The largest absolute Gasteiger partial charge is 0.457 e. The van der Waals surface area contributed by atoms with Crippen LogP contribution >= 0.6 is 0 Å². The fourth-order valence-electron chi connectivity index (χ4n) is 4.19. The molecular weight excluding hydrogens is 497 g/mol. The van der Waals surface area contributed by atoms with Crippen LogP contribution in [0.15, 0.2) is 72.9 Å². The van der Waals surface area contributed by atoms with Crippen molar-refractivity contribution < 1.29 is 23.8 Å². The van der Waals surface area contributed by atoms with Crippen molar-refractivity contribution in [2.45, 2.75) is 58.0 Å². The number of rotatable bonds is 10. The molecule has 0 radical (unpaired) electrons. The molecule has 3 aromatic carbocycles. The Bertz CT molecular complexity index is 1360. The van der Waals surface area contributed by atoms with Crippen LogP contribution in [0.1, 0.15) is 26.3 Å². The normalized spacial score (nSPS) is 13.2. The molecule has 4 rings (SSSR count). The summed E-state index contributed by atoms with van der Waals surface area (Å²) in [4.78, 5) is 0. The third kappa shape index (κ3) is 6.53. The molecule has 0 aliphatic rings. The predicted octanol–water partition coefficient (Wildman–Crippen LogP) is 7.16. The van der Waals surface area contributed by atoms with Crippen LogP contribution in [0.4, 0.5) is 4.39 Å². The Labute approximate surface area is 225 Å². The van der Waals surface area contributed by atoms with Gasteiger partial charge in [0, 0.05) is 30.1 Å². The van der Waals surface area contributed by atoms with Crippen LogP contribution in [-0.2, 0) is 17.4 Å². The maximum Gasteiger partial charge on any atom is 0.192 e. The summed E-state index contributed by atoms with van der Waals surface area (Å²) in [5.74, 6) is 0.943. The van der Waals surface area contributed by atoms with E-state index in [4.69, 9.17) is 9.16 Å². The smallest absolute Gasteiger partial charge is 0.192 e. The number of nitrogens with zero attached hydrogens (tertiary/aromatic N) is 1. The maximum atomic E-state index is 13.2. The second kappa shape index (κ2) is 11.4. The molecule has 0 spiro atoms. The van der Waals surface area contributed by atoms with Crippen LogP contribution < -0.4 is 4.74 Å². The van der Waals surface area contributed by atoms with Gasteiger partial charge >= 0.3 is 0 Å². The van der Waals surface area contributed by atoms with Crippen molar-refractivity contribution in [2.75, 3.05) is 13.2 Å². The van der Waals surface area contributed by atoms with Gasteiger partial charge in [0.1, 0.15) is 17.3 Å². The molecule has 0 amide bonds. The van der Waals surface area contributed by atoms with Crippen molar-refractivity contribution in [1.82, 2.24) is 4.57 Å². The van der Waals surface area contributed by atoms with E-state index in [-0.39, 0.29) is 17.5 Å². The molecule has 38 heavy (non-hydrogen) atoms. The lowest BCUT2D eigenvalue weighted by atomic mass is 10.0. The molecule has 0 bridgehead atoms. The van der Waals surface area contributed by atoms with Gasteiger partial charge in [0.25, 0.3) is 0 Å². The summed E-state index contributed by atoms with van der Waals surface area (Å²) in [7, 11) is -1.85. The zero-order valence-corrected chi connectivity index (χ0v) is 23.9. The first-order chi connectivity index (χ1) is 18.0. The molecule has 1 aromatic heterocycles. The molecule has 202 valence electrons. The number of fused-ring (bicyclic) bond motifs is 1. The Hall–Kier alpha value is -2.97. The zero-order chi connectivity index (χ0) is 27.5. The summed E-state index contributed by atoms with van der Waals surface area (Å²) < 4.78 is 27.6. The standard InChI is InChI=1S/C31H38FNO4Si/c1-31(2,3)38(4,5)36-17-16-33-20-24(18-26(35)21-34)29-19-23(8-15-30(29)33)22-6-11-27(12-7-22)37-28-13-9-25(32)10-14-28/h6-15,19-20,26,34-35H,16-18,21H2,1-5H3/t26-/m0/s1. The Morgan fingerprint density at radius 1 is 0.921 bits per heavy atom. The summed E-state index contributed by atoms with van der Waals surface area (Å²) in [5.41, 5.74) is 4.14. The molecule has 0 saturated carbocycles. The molecule has 0 unspecified atom stereocenters. The Kier molecular flexibility index (Phi) is 8.42. The highest BCUT2D eigenvalue weighted by molar-refractivity contribution is 6.74. The van der Waals surface area contributed by atoms with E-state index >= 15 is 0 Å². The number of hydrogen-bond donors (Lipinski definition) is 2. The van der Waals surface area contributed by atoms with Gasteiger partial charge in [-0.25, -0.2) is 4.39 Å². The molecule has 7 heteroatoms. The van der Waals surface area contributed by atoms with E-state index in [0.29, 0.717) is 31.1 Å². The van der Waals surface area contributed by atoms with Crippen LogP contribution in [0, 0.1) is 5.82 Å². The molecule has 0 aliphatic heterocycles. The molecule has 1 heterocycles. The van der Waals surface area contributed by atoms with Gasteiger partial charge < -0.3 is 23.9 Å². The Morgan fingerprint density at radius 3 is 2.13 bits per heavy atom. The average molecular weight is 536 g/mol. The predicted molar refractivity (Wildman–Crippen MR) is 154 cm³/mol. The molecule has 5 nitrogen and oxygen atoms in total. The first-order valence-electron chi connectivity index (χ1n) is 13.1. The lowest BCUT2D eigenvalue weighted by Crippen LogP contribution is -2.41. The van der Waals surface area contributed by atoms with E-state index in [1.807, 2.05) is 24.3 Å². The molecule has 1 atom stereocenters. The summed E-state index contributed by atoms with van der Waals surface area (Å²) in [6.07, 6.45) is 1.63. The van der Waals surface area contributed by atoms with Crippen LogP contribution in [0.3, 0.4) is 0 Å². The van der Waals surface area contributed by atoms with E-state index < -0.39 is 14.4 Å². The van der Waals surface area contributed by atoms with E-state index in [9.17, 15) is 14.6 Å². The average Bonchev–Trinajstić information content (AvgIpc) is 3.21. The van der Waals surface area contributed by atoms with Crippen molar-refractivity contribution in [3.63, 3.8) is 0 Å². The zero-order valence-electron chi connectivity index (χ0n) is 22.9. The summed E-state index contributed by atoms with van der Waals surface area (Å²) in [6, 6.07) is 20.0. The van der Waals surface area contributed by atoms with Gasteiger partial charge in [0.05, 0.1) is 19.3 Å². The summed E-state index contributed by atoms with van der Waals surface area (Å²) in [6.45, 7) is 12.3. The molecule has 0 aliphatic carbocycles. The van der Waals surface area contributed by atoms with Gasteiger partial charge in [0.15, 0.2) is 8.32 Å². The molecular formula is C31H38FNO4Si. The van der Waals surface area contributed by atoms with Crippen molar-refractivity contribution >= 4 is 19.2 Å². The topological polar surface area (TPSA) is 63.9 Å². The van der Waals surface area contributed by atoms with Crippen molar-refractivity contribution in [1.29, 1.82) is 0 Å². The van der Waals surface area contributed by atoms with Gasteiger partial charge in [-0.2, -0.15) is 0 Å². The molecule has 4 aromatic rings. The number of hydrogen-bond acceptors (Lipinski definition) is 4. The fraction of sp³-hybridized carbons (Fsp3) is 0.355. The molecule has 0 fully saturated rings. The summed E-state index contributed by atoms with van der Waals surface area (Å²) >= 11 is 0. The van der Waals surface area contributed by atoms with Crippen molar-refractivity contribution in [2.24, 2.45) is 0 Å². The monoisotopic (exact) mass is 535 g/mol. The van der Waals surface area contributed by atoms with Crippen LogP contribution in [-0.4, -0.2) is 42.4 Å². The quantitative estimate of drug-likeness (QED) is 0.212. The van der Waals surface area contributed by atoms with E-state index in [1.165, 1.54) is 12.1 Å². The minimum absolute atomic E-state index is 0.149. The van der Waals surface area contributed by atoms with Crippen LogP contribution in [0.2, 0.25) is 18.1 Å². The van der Waals surface area contributed by atoms with E-state index in [1.54, 1.807) is 12.1 Å². The van der Waals surface area contributed by atoms with Crippen molar-refractivity contribution in [3.8, 4) is 22.6 Å². The van der Waals surface area contributed by atoms with E-state index in [0.717, 1.165) is 27.6 Å². The lowest BCUT2D eigenvalue weighted by molar-refractivity contribution is 0.0957. The number of benzene rings is 3. The SMILES string of the molecule is CC(C)(C)[Si](C)(C)OCCn1cc(C[C@H](O)CO)c2cc(-c3ccc(Oc4ccc(F)cc4)cc3)ccc21. The van der Waals surface area contributed by atoms with Crippen LogP contribution in [0.25, 0.3) is 22.0 Å². The van der Waals surface area contributed by atoms with Gasteiger partial charge in [0.2, 0.25) is 0 Å². The van der Waals surface area contributed by atoms with Crippen molar-refractivity contribution in [3.05, 3.63) is 84.3 Å². The summed E-state index contributed by atoms with van der Waals surface area (Å²) in [5, 5.41) is 20.8. The second-order valence-electron chi connectivity index (χ2n) is 11.3. The highest BCUT2D eigenvalue weighted by atomic mass is 28.4. The first kappa shape index (κ1) is 28.0. The fourth-order valence-corrected chi connectivity index (χ4v) is 5.22. The maximum absolute atomic E-state index is 13.2. The minimum atomic E-state index is -1.85. The third-order valence-electron chi connectivity index (χ3n) is 7.47. The van der Waals surface area contributed by atoms with Gasteiger partial charge in [-0.15, -0.1) is 0 Å². The number of halogens is 1. The van der Waals surface area contributed by atoms with Gasteiger partial charge in [-0.05, 0) is 83.4 Å². The number of ether oxygens (including phenoxy) is 1. The second-order valence-corrected chi connectivity index (χ2v) is 16.1. The Balaban J connectivity index is 1.57. The minimum Gasteiger partial charge on any atom is -0.457 e. The van der Waals surface area contributed by atoms with E-state index in [2.05, 4.69) is 62.8 Å². The third-order valence-corrected chi connectivity index (χ3v) is 12.0. The van der Waals surface area contributed by atoms with Gasteiger partial charge in [-0.3, -0.25) is 0 Å². The molecule has 0 saturated heterocycles. The van der Waals surface area contributed by atoms with Crippen LogP contribution in [0.5, 0.6) is 11.5 Å². The lowest BCUT2D eigenvalue weighted by Gasteiger charge is -2.36. The number of aliphatic hydroxyl groups excluding tert-OH is 2. The highest BCUT2D eigenvalue weighted by Gasteiger charge is 2.36. The Morgan fingerprint density at radius 2 is 1.53 bits per heavy atom. The molecule has 2 N–H and O–H groups in total. The van der Waals surface area contributed by atoms with Gasteiger partial charge in [-0.1, -0.05) is 39.0 Å². The number of aliphatic hydroxyl groups is 2. The first-order valence-corrected chi connectivity index (χ1v) is 16.0. The number of aromatic nitrogens is 1. The highest BCUT2D eigenvalue weighted by Crippen LogP contribution is 2.37.